The zero-order valence-electron chi connectivity index (χ0n) is 19.9. The highest BCUT2D eigenvalue weighted by Gasteiger charge is 2.17. The summed E-state index contributed by atoms with van der Waals surface area (Å²) in [5, 5.41) is 2.88. The Hall–Kier alpha value is -4.39. The minimum Gasteiger partial charge on any atom is -0.310 e. The summed E-state index contributed by atoms with van der Waals surface area (Å²) >= 11 is 0. The number of carbonyl (C=O) groups excluding carboxylic acids is 1. The van der Waals surface area contributed by atoms with Crippen molar-refractivity contribution in [3.8, 4) is 22.4 Å². The minimum atomic E-state index is -0.116. The van der Waals surface area contributed by atoms with E-state index in [1.54, 1.807) is 12.4 Å². The van der Waals surface area contributed by atoms with Crippen molar-refractivity contribution < 1.29 is 4.79 Å². The quantitative estimate of drug-likeness (QED) is 0.381. The second kappa shape index (κ2) is 9.10. The smallest absolute Gasteiger partial charge is 0.229 e. The first kappa shape index (κ1) is 22.4. The summed E-state index contributed by atoms with van der Waals surface area (Å²) in [6, 6.07) is 17.9. The number of hydrogen-bond acceptors (Lipinski definition) is 5. The van der Waals surface area contributed by atoms with Gasteiger partial charge in [-0.1, -0.05) is 45.0 Å². The number of anilines is 1. The fourth-order valence-corrected chi connectivity index (χ4v) is 3.92. The Kier molecular flexibility index (Phi) is 5.82. The van der Waals surface area contributed by atoms with E-state index in [9.17, 15) is 4.79 Å². The fraction of sp³-hybridized carbons (Fsp3) is 0.179. The zero-order chi connectivity index (χ0) is 24.4. The molecule has 0 spiro atoms. The van der Waals surface area contributed by atoms with E-state index in [1.165, 1.54) is 6.33 Å². The Bertz CT molecular complexity index is 1480. The molecule has 0 aliphatic heterocycles. The third-order valence-corrected chi connectivity index (χ3v) is 5.84. The van der Waals surface area contributed by atoms with Crippen LogP contribution in [0.4, 0.5) is 5.82 Å². The Labute approximate surface area is 204 Å². The molecule has 35 heavy (non-hydrogen) atoms. The van der Waals surface area contributed by atoms with Crippen LogP contribution in [0.15, 0.2) is 85.7 Å². The molecular weight excluding hydrogens is 436 g/mol. The molecule has 4 aromatic heterocycles. The van der Waals surface area contributed by atoms with Crippen molar-refractivity contribution >= 4 is 17.4 Å². The number of nitrogens with zero attached hydrogens (tertiary/aromatic N) is 5. The second-order valence-corrected chi connectivity index (χ2v) is 9.48. The summed E-state index contributed by atoms with van der Waals surface area (Å²) in [7, 11) is 0. The van der Waals surface area contributed by atoms with Gasteiger partial charge in [-0.05, 0) is 41.0 Å². The first-order valence-corrected chi connectivity index (χ1v) is 11.5. The van der Waals surface area contributed by atoms with Crippen LogP contribution in [-0.4, -0.2) is 30.2 Å². The van der Waals surface area contributed by atoms with Gasteiger partial charge in [-0.3, -0.25) is 14.2 Å². The van der Waals surface area contributed by atoms with Crippen molar-refractivity contribution in [2.24, 2.45) is 0 Å². The molecule has 0 aliphatic rings. The maximum absolute atomic E-state index is 12.6. The SMILES string of the molecule is CC(C)(C)c1cc(NC(=O)Cc2ccc(-c3cnc4cc(-c5ccncc5)ccn34)cc2)ncn1. The van der Waals surface area contributed by atoms with Crippen LogP contribution in [0.1, 0.15) is 32.0 Å². The van der Waals surface area contributed by atoms with E-state index in [0.717, 1.165) is 39.3 Å². The zero-order valence-corrected chi connectivity index (χ0v) is 19.9. The summed E-state index contributed by atoms with van der Waals surface area (Å²) < 4.78 is 2.06. The Morgan fingerprint density at radius 1 is 0.886 bits per heavy atom. The summed E-state index contributed by atoms with van der Waals surface area (Å²) in [4.78, 5) is 29.8. The molecule has 0 saturated carbocycles. The molecule has 174 valence electrons. The number of carbonyl (C=O) groups is 1. The van der Waals surface area contributed by atoms with Crippen molar-refractivity contribution in [2.45, 2.75) is 32.6 Å². The van der Waals surface area contributed by atoms with E-state index in [0.29, 0.717) is 5.82 Å². The third kappa shape index (κ3) is 4.94. The number of rotatable bonds is 5. The van der Waals surface area contributed by atoms with E-state index in [-0.39, 0.29) is 17.7 Å². The average Bonchev–Trinajstić information content (AvgIpc) is 3.28. The monoisotopic (exact) mass is 462 g/mol. The normalized spacial score (nSPS) is 11.5. The molecule has 1 N–H and O–H groups in total. The van der Waals surface area contributed by atoms with Crippen molar-refractivity contribution in [1.29, 1.82) is 0 Å². The number of amides is 1. The van der Waals surface area contributed by atoms with Crippen molar-refractivity contribution in [3.05, 3.63) is 97.0 Å². The number of aromatic nitrogens is 5. The lowest BCUT2D eigenvalue weighted by atomic mass is 9.92. The van der Waals surface area contributed by atoms with E-state index in [4.69, 9.17) is 0 Å². The summed E-state index contributed by atoms with van der Waals surface area (Å²) in [5.74, 6) is 0.401. The Balaban J connectivity index is 1.30. The predicted molar refractivity (Wildman–Crippen MR) is 137 cm³/mol. The van der Waals surface area contributed by atoms with E-state index in [1.807, 2.05) is 54.9 Å². The lowest BCUT2D eigenvalue weighted by Crippen LogP contribution is -2.18. The van der Waals surface area contributed by atoms with Crippen LogP contribution >= 0.6 is 0 Å². The van der Waals surface area contributed by atoms with Gasteiger partial charge in [0, 0.05) is 35.6 Å². The number of hydrogen-bond donors (Lipinski definition) is 1. The van der Waals surface area contributed by atoms with Gasteiger partial charge < -0.3 is 5.32 Å². The maximum Gasteiger partial charge on any atom is 0.229 e. The lowest BCUT2D eigenvalue weighted by Gasteiger charge is -2.17. The molecule has 5 aromatic rings. The van der Waals surface area contributed by atoms with Crippen LogP contribution in [0, 0.1) is 0 Å². The highest BCUT2D eigenvalue weighted by atomic mass is 16.1. The number of imidazole rings is 1. The van der Waals surface area contributed by atoms with Gasteiger partial charge in [-0.15, -0.1) is 0 Å². The Morgan fingerprint density at radius 3 is 2.40 bits per heavy atom. The largest absolute Gasteiger partial charge is 0.310 e. The van der Waals surface area contributed by atoms with Gasteiger partial charge in [0.2, 0.25) is 5.91 Å². The summed E-state index contributed by atoms with van der Waals surface area (Å²) in [6.45, 7) is 6.23. The van der Waals surface area contributed by atoms with Gasteiger partial charge >= 0.3 is 0 Å². The van der Waals surface area contributed by atoms with Crippen LogP contribution in [-0.2, 0) is 16.6 Å². The number of nitrogens with one attached hydrogen (secondary N) is 1. The topological polar surface area (TPSA) is 85.1 Å². The van der Waals surface area contributed by atoms with Gasteiger partial charge in [0.05, 0.1) is 24.0 Å². The molecule has 0 unspecified atom stereocenters. The van der Waals surface area contributed by atoms with Gasteiger partial charge in [0.1, 0.15) is 17.8 Å². The molecule has 0 bridgehead atoms. The first-order valence-electron chi connectivity index (χ1n) is 11.5. The van der Waals surface area contributed by atoms with Crippen LogP contribution in [0.2, 0.25) is 0 Å². The van der Waals surface area contributed by atoms with Gasteiger partial charge in [-0.2, -0.15) is 0 Å². The molecular formula is C28H26N6O. The molecule has 1 amide bonds. The molecule has 1 aromatic carbocycles. The van der Waals surface area contributed by atoms with Crippen molar-refractivity contribution in [3.63, 3.8) is 0 Å². The molecule has 4 heterocycles. The second-order valence-electron chi connectivity index (χ2n) is 9.48. The average molecular weight is 463 g/mol. The maximum atomic E-state index is 12.6. The van der Waals surface area contributed by atoms with Crippen molar-refractivity contribution in [2.75, 3.05) is 5.32 Å². The number of fused-ring (bicyclic) bond motifs is 1. The van der Waals surface area contributed by atoms with Gasteiger partial charge in [0.15, 0.2) is 0 Å². The Morgan fingerprint density at radius 2 is 1.66 bits per heavy atom. The highest BCUT2D eigenvalue weighted by molar-refractivity contribution is 5.91. The number of pyridine rings is 2. The lowest BCUT2D eigenvalue weighted by molar-refractivity contribution is -0.115. The fourth-order valence-electron chi connectivity index (χ4n) is 3.92. The minimum absolute atomic E-state index is 0.114. The highest BCUT2D eigenvalue weighted by Crippen LogP contribution is 2.25. The molecule has 0 saturated heterocycles. The molecule has 0 atom stereocenters. The first-order chi connectivity index (χ1) is 16.9. The number of benzene rings is 1. The van der Waals surface area contributed by atoms with Gasteiger partial charge in [-0.25, -0.2) is 15.0 Å². The molecule has 5 rings (SSSR count). The van der Waals surface area contributed by atoms with E-state index >= 15 is 0 Å². The van der Waals surface area contributed by atoms with Crippen LogP contribution in [0.25, 0.3) is 28.0 Å². The van der Waals surface area contributed by atoms with Crippen LogP contribution < -0.4 is 5.32 Å². The van der Waals surface area contributed by atoms with Gasteiger partial charge in [0.25, 0.3) is 0 Å². The molecule has 7 nitrogen and oxygen atoms in total. The molecule has 0 radical (unpaired) electrons. The standard InChI is InChI=1S/C28H26N6O/c1-28(2,3)24-16-25(32-18-31-24)33-27(35)14-19-4-6-21(7-5-19)23-17-30-26-15-22(10-13-34(23)26)20-8-11-29-12-9-20/h4-13,15-18H,14H2,1-3H3,(H,31,32,33,35). The van der Waals surface area contributed by atoms with E-state index in [2.05, 4.69) is 62.6 Å². The molecule has 7 heteroatoms. The third-order valence-electron chi connectivity index (χ3n) is 5.84. The van der Waals surface area contributed by atoms with Crippen LogP contribution in [0.3, 0.4) is 0 Å². The van der Waals surface area contributed by atoms with Crippen molar-refractivity contribution in [1.82, 2.24) is 24.3 Å². The van der Waals surface area contributed by atoms with E-state index < -0.39 is 0 Å². The molecule has 0 fully saturated rings. The summed E-state index contributed by atoms with van der Waals surface area (Å²) in [5.41, 5.74) is 6.78. The predicted octanol–water partition coefficient (Wildman–Crippen LogP) is 5.33. The molecule has 0 aliphatic carbocycles. The summed E-state index contributed by atoms with van der Waals surface area (Å²) in [6.07, 6.45) is 9.22. The van der Waals surface area contributed by atoms with Crippen LogP contribution in [0.5, 0.6) is 0 Å².